The SMILES string of the molecule is CCCCn1ccnc1Nc1cccc(I)c1C. The number of aromatic nitrogens is 2. The lowest BCUT2D eigenvalue weighted by molar-refractivity contribution is 0.638. The smallest absolute Gasteiger partial charge is 0.207 e. The number of hydrogen-bond donors (Lipinski definition) is 1. The van der Waals surface area contributed by atoms with Crippen LogP contribution in [0.2, 0.25) is 0 Å². The van der Waals surface area contributed by atoms with Crippen LogP contribution < -0.4 is 5.32 Å². The van der Waals surface area contributed by atoms with Gasteiger partial charge in [-0.15, -0.1) is 0 Å². The Morgan fingerprint density at radius 3 is 3.00 bits per heavy atom. The van der Waals surface area contributed by atoms with Crippen molar-refractivity contribution in [2.45, 2.75) is 33.2 Å². The summed E-state index contributed by atoms with van der Waals surface area (Å²) in [5, 5.41) is 3.42. The van der Waals surface area contributed by atoms with Gasteiger partial charge in [-0.25, -0.2) is 4.98 Å². The van der Waals surface area contributed by atoms with E-state index in [4.69, 9.17) is 0 Å². The highest BCUT2D eigenvalue weighted by atomic mass is 127. The fourth-order valence-corrected chi connectivity index (χ4v) is 2.30. The minimum Gasteiger partial charge on any atom is -0.325 e. The van der Waals surface area contributed by atoms with Crippen molar-refractivity contribution in [2.24, 2.45) is 0 Å². The maximum Gasteiger partial charge on any atom is 0.207 e. The Labute approximate surface area is 122 Å². The Hall–Kier alpha value is -1.04. The third-order valence-corrected chi connectivity index (χ3v) is 4.15. The number of unbranched alkanes of at least 4 members (excludes halogenated alkanes) is 1. The van der Waals surface area contributed by atoms with Gasteiger partial charge in [-0.05, 0) is 53.6 Å². The van der Waals surface area contributed by atoms with E-state index in [1.54, 1.807) is 0 Å². The highest BCUT2D eigenvalue weighted by molar-refractivity contribution is 14.1. The summed E-state index contributed by atoms with van der Waals surface area (Å²) in [6.45, 7) is 5.35. The monoisotopic (exact) mass is 355 g/mol. The van der Waals surface area contributed by atoms with Crippen molar-refractivity contribution < 1.29 is 0 Å². The standard InChI is InChI=1S/C14H18IN3/c1-3-4-9-18-10-8-16-14(18)17-13-7-5-6-12(15)11(13)2/h5-8,10H,3-4,9H2,1-2H3,(H,16,17). The van der Waals surface area contributed by atoms with E-state index >= 15 is 0 Å². The number of imidazole rings is 1. The van der Waals surface area contributed by atoms with E-state index in [9.17, 15) is 0 Å². The summed E-state index contributed by atoms with van der Waals surface area (Å²) < 4.78 is 3.44. The molecule has 0 aliphatic heterocycles. The van der Waals surface area contributed by atoms with Gasteiger partial charge in [0.05, 0.1) is 0 Å². The molecule has 1 aromatic heterocycles. The first kappa shape index (κ1) is 13.4. The molecule has 18 heavy (non-hydrogen) atoms. The minimum absolute atomic E-state index is 0.925. The predicted molar refractivity (Wildman–Crippen MR) is 84.3 cm³/mol. The highest BCUT2D eigenvalue weighted by Crippen LogP contribution is 2.23. The molecule has 0 aliphatic rings. The van der Waals surface area contributed by atoms with Gasteiger partial charge in [0.1, 0.15) is 0 Å². The lowest BCUT2D eigenvalue weighted by Gasteiger charge is -2.12. The second kappa shape index (κ2) is 6.22. The van der Waals surface area contributed by atoms with Crippen LogP contribution in [0.15, 0.2) is 30.6 Å². The van der Waals surface area contributed by atoms with Gasteiger partial charge in [0.15, 0.2) is 0 Å². The van der Waals surface area contributed by atoms with Crippen molar-refractivity contribution in [1.29, 1.82) is 0 Å². The van der Waals surface area contributed by atoms with Gasteiger partial charge in [0.2, 0.25) is 5.95 Å². The van der Waals surface area contributed by atoms with Crippen molar-refractivity contribution in [2.75, 3.05) is 5.32 Å². The first-order valence-electron chi connectivity index (χ1n) is 6.25. The molecule has 3 nitrogen and oxygen atoms in total. The molecule has 0 unspecified atom stereocenters. The zero-order chi connectivity index (χ0) is 13.0. The Morgan fingerprint density at radius 2 is 2.22 bits per heavy atom. The Kier molecular flexibility index (Phi) is 4.63. The molecule has 1 heterocycles. The van der Waals surface area contributed by atoms with Crippen molar-refractivity contribution in [3.63, 3.8) is 0 Å². The van der Waals surface area contributed by atoms with E-state index in [1.807, 2.05) is 12.4 Å². The molecule has 0 saturated heterocycles. The van der Waals surface area contributed by atoms with Crippen LogP contribution in [-0.4, -0.2) is 9.55 Å². The van der Waals surface area contributed by atoms with Gasteiger partial charge >= 0.3 is 0 Å². The van der Waals surface area contributed by atoms with Crippen LogP contribution >= 0.6 is 22.6 Å². The molecule has 0 saturated carbocycles. The lowest BCUT2D eigenvalue weighted by Crippen LogP contribution is -2.04. The number of nitrogens with zero attached hydrogens (tertiary/aromatic N) is 2. The fourth-order valence-electron chi connectivity index (χ4n) is 1.81. The largest absolute Gasteiger partial charge is 0.325 e. The number of hydrogen-bond acceptors (Lipinski definition) is 2. The Balaban J connectivity index is 2.18. The fraction of sp³-hybridized carbons (Fsp3) is 0.357. The molecule has 0 bridgehead atoms. The van der Waals surface area contributed by atoms with Crippen molar-refractivity contribution in [1.82, 2.24) is 9.55 Å². The summed E-state index contributed by atoms with van der Waals surface area (Å²) in [7, 11) is 0. The number of nitrogens with one attached hydrogen (secondary N) is 1. The third kappa shape index (κ3) is 3.04. The first-order valence-corrected chi connectivity index (χ1v) is 7.33. The summed E-state index contributed by atoms with van der Waals surface area (Å²) in [5.41, 5.74) is 2.40. The molecule has 0 radical (unpaired) electrons. The summed E-state index contributed by atoms with van der Waals surface area (Å²) in [6.07, 6.45) is 6.25. The molecular formula is C14H18IN3. The Bertz CT molecular complexity index is 520. The second-order valence-electron chi connectivity index (χ2n) is 4.34. The molecule has 96 valence electrons. The highest BCUT2D eigenvalue weighted by Gasteiger charge is 2.06. The third-order valence-electron chi connectivity index (χ3n) is 2.98. The predicted octanol–water partition coefficient (Wildman–Crippen LogP) is 4.34. The average molecular weight is 355 g/mol. The number of halogens is 1. The number of anilines is 2. The maximum atomic E-state index is 4.38. The van der Waals surface area contributed by atoms with Crippen LogP contribution in [0.25, 0.3) is 0 Å². The maximum absolute atomic E-state index is 4.38. The zero-order valence-electron chi connectivity index (χ0n) is 10.8. The summed E-state index contributed by atoms with van der Waals surface area (Å²) in [6, 6.07) is 6.28. The molecule has 4 heteroatoms. The van der Waals surface area contributed by atoms with E-state index in [0.29, 0.717) is 0 Å². The molecule has 1 aromatic carbocycles. The Morgan fingerprint density at radius 1 is 1.39 bits per heavy atom. The van der Waals surface area contributed by atoms with Crippen LogP contribution in [-0.2, 0) is 6.54 Å². The van der Waals surface area contributed by atoms with Gasteiger partial charge in [0.25, 0.3) is 0 Å². The van der Waals surface area contributed by atoms with Gasteiger partial charge in [0, 0.05) is 28.2 Å². The minimum atomic E-state index is 0.925. The summed E-state index contributed by atoms with van der Waals surface area (Å²) in [5.74, 6) is 0.925. The van der Waals surface area contributed by atoms with E-state index in [1.165, 1.54) is 22.0 Å². The lowest BCUT2D eigenvalue weighted by atomic mass is 10.2. The van der Waals surface area contributed by atoms with E-state index in [2.05, 4.69) is 69.5 Å². The normalized spacial score (nSPS) is 10.6. The molecule has 0 fully saturated rings. The van der Waals surface area contributed by atoms with Crippen molar-refractivity contribution in [3.8, 4) is 0 Å². The number of rotatable bonds is 5. The van der Waals surface area contributed by atoms with Crippen LogP contribution in [0.3, 0.4) is 0 Å². The molecule has 1 N–H and O–H groups in total. The summed E-state index contributed by atoms with van der Waals surface area (Å²) >= 11 is 2.36. The van der Waals surface area contributed by atoms with Crippen LogP contribution in [0, 0.1) is 10.5 Å². The molecule has 2 rings (SSSR count). The quantitative estimate of drug-likeness (QED) is 0.809. The number of benzene rings is 1. The van der Waals surface area contributed by atoms with Gasteiger partial charge in [-0.2, -0.15) is 0 Å². The van der Waals surface area contributed by atoms with Crippen molar-refractivity contribution >= 4 is 34.2 Å². The van der Waals surface area contributed by atoms with E-state index in [-0.39, 0.29) is 0 Å². The number of aryl methyl sites for hydroxylation is 1. The molecular weight excluding hydrogens is 337 g/mol. The molecule has 0 atom stereocenters. The first-order chi connectivity index (χ1) is 8.72. The van der Waals surface area contributed by atoms with Crippen LogP contribution in [0.4, 0.5) is 11.6 Å². The van der Waals surface area contributed by atoms with Crippen LogP contribution in [0.1, 0.15) is 25.3 Å². The van der Waals surface area contributed by atoms with E-state index in [0.717, 1.165) is 18.2 Å². The van der Waals surface area contributed by atoms with Gasteiger partial charge in [-0.3, -0.25) is 0 Å². The van der Waals surface area contributed by atoms with Crippen molar-refractivity contribution in [3.05, 3.63) is 39.7 Å². The zero-order valence-corrected chi connectivity index (χ0v) is 12.9. The molecule has 0 spiro atoms. The van der Waals surface area contributed by atoms with Gasteiger partial charge < -0.3 is 9.88 Å². The molecule has 0 aliphatic carbocycles. The second-order valence-corrected chi connectivity index (χ2v) is 5.50. The molecule has 0 amide bonds. The molecule has 2 aromatic rings. The van der Waals surface area contributed by atoms with Crippen LogP contribution in [0.5, 0.6) is 0 Å². The topological polar surface area (TPSA) is 29.9 Å². The van der Waals surface area contributed by atoms with E-state index < -0.39 is 0 Å². The summed E-state index contributed by atoms with van der Waals surface area (Å²) in [4.78, 5) is 4.38. The van der Waals surface area contributed by atoms with Gasteiger partial charge in [-0.1, -0.05) is 19.4 Å². The average Bonchev–Trinajstić information content (AvgIpc) is 2.80.